The summed E-state index contributed by atoms with van der Waals surface area (Å²) in [5.41, 5.74) is 0. The Kier molecular flexibility index (Phi) is 1.62. The minimum atomic E-state index is -0.970. The molecular weight excluding hydrogens is 152 g/mol. The molecule has 5 atom stereocenters. The molecule has 0 aromatic heterocycles. The van der Waals surface area contributed by atoms with Gasteiger partial charge < -0.3 is 24.8 Å². The molecule has 0 aromatic rings. The summed E-state index contributed by atoms with van der Waals surface area (Å²) >= 11 is 0. The Morgan fingerprint density at radius 1 is 1.09 bits per heavy atom. The summed E-state index contributed by atoms with van der Waals surface area (Å²) in [6.07, 6.45) is -3.71. The number of aliphatic hydroxyl groups is 3. The Hall–Kier alpha value is -0.200. The van der Waals surface area contributed by atoms with Gasteiger partial charge in [0.25, 0.3) is 0 Å². The van der Waals surface area contributed by atoms with Crippen molar-refractivity contribution in [1.29, 1.82) is 0 Å². The molecular formula is C6H10O5. The van der Waals surface area contributed by atoms with Crippen LogP contribution in [0.2, 0.25) is 0 Å². The second-order valence-electron chi connectivity index (χ2n) is 2.81. The van der Waals surface area contributed by atoms with Gasteiger partial charge in [-0.15, -0.1) is 0 Å². The molecule has 0 aliphatic carbocycles. The SMILES string of the molecule is OC[C@H]1O[C@@H]2O[C@H]1[C@H](O)[C@H]2O. The van der Waals surface area contributed by atoms with Crippen molar-refractivity contribution in [3.63, 3.8) is 0 Å². The van der Waals surface area contributed by atoms with Crippen LogP contribution in [0.1, 0.15) is 0 Å². The molecule has 5 heteroatoms. The Morgan fingerprint density at radius 2 is 1.82 bits per heavy atom. The molecule has 2 aliphatic heterocycles. The highest BCUT2D eigenvalue weighted by atomic mass is 16.8. The zero-order valence-electron chi connectivity index (χ0n) is 5.75. The number of hydrogen-bond donors (Lipinski definition) is 3. The summed E-state index contributed by atoms with van der Waals surface area (Å²) in [5.74, 6) is 0. The lowest BCUT2D eigenvalue weighted by atomic mass is 10.0. The number of aliphatic hydroxyl groups excluding tert-OH is 3. The molecule has 0 aromatic carbocycles. The first-order valence-corrected chi connectivity index (χ1v) is 3.52. The lowest BCUT2D eigenvalue weighted by Crippen LogP contribution is -2.46. The van der Waals surface area contributed by atoms with Gasteiger partial charge in [-0.1, -0.05) is 0 Å². The molecule has 2 saturated heterocycles. The van der Waals surface area contributed by atoms with Gasteiger partial charge in [0.15, 0.2) is 6.29 Å². The smallest absolute Gasteiger partial charge is 0.187 e. The van der Waals surface area contributed by atoms with Crippen LogP contribution in [-0.2, 0) is 9.47 Å². The van der Waals surface area contributed by atoms with Gasteiger partial charge in [0.1, 0.15) is 24.4 Å². The topological polar surface area (TPSA) is 79.2 Å². The van der Waals surface area contributed by atoms with Crippen molar-refractivity contribution >= 4 is 0 Å². The zero-order valence-corrected chi connectivity index (χ0v) is 5.75. The quantitative estimate of drug-likeness (QED) is 0.408. The van der Waals surface area contributed by atoms with Gasteiger partial charge in [-0.05, 0) is 0 Å². The third-order valence-electron chi connectivity index (χ3n) is 2.11. The fourth-order valence-electron chi connectivity index (χ4n) is 1.49. The molecule has 11 heavy (non-hydrogen) atoms. The van der Waals surface area contributed by atoms with Crippen molar-refractivity contribution in [2.45, 2.75) is 30.7 Å². The highest BCUT2D eigenvalue weighted by molar-refractivity contribution is 4.96. The van der Waals surface area contributed by atoms with Crippen LogP contribution in [0.5, 0.6) is 0 Å². The van der Waals surface area contributed by atoms with Crippen LogP contribution in [0.15, 0.2) is 0 Å². The second kappa shape index (κ2) is 2.40. The van der Waals surface area contributed by atoms with E-state index in [1.54, 1.807) is 0 Å². The van der Waals surface area contributed by atoms with Crippen molar-refractivity contribution < 1.29 is 24.8 Å². The fourth-order valence-corrected chi connectivity index (χ4v) is 1.49. The molecule has 5 nitrogen and oxygen atoms in total. The molecule has 64 valence electrons. The number of fused-ring (bicyclic) bond motifs is 2. The molecule has 0 amide bonds. The van der Waals surface area contributed by atoms with Gasteiger partial charge in [0.2, 0.25) is 0 Å². The van der Waals surface area contributed by atoms with Crippen LogP contribution in [0.4, 0.5) is 0 Å². The first-order chi connectivity index (χ1) is 5.24. The van der Waals surface area contributed by atoms with Crippen molar-refractivity contribution in [3.05, 3.63) is 0 Å². The van der Waals surface area contributed by atoms with Crippen molar-refractivity contribution in [2.24, 2.45) is 0 Å². The monoisotopic (exact) mass is 162 g/mol. The third-order valence-corrected chi connectivity index (χ3v) is 2.11. The molecule has 2 heterocycles. The predicted molar refractivity (Wildman–Crippen MR) is 32.6 cm³/mol. The van der Waals surface area contributed by atoms with Gasteiger partial charge in [-0.3, -0.25) is 0 Å². The van der Waals surface area contributed by atoms with Crippen LogP contribution < -0.4 is 0 Å². The molecule has 2 bridgehead atoms. The maximum absolute atomic E-state index is 9.22. The highest BCUT2D eigenvalue weighted by Crippen LogP contribution is 2.33. The normalized spacial score (nSPS) is 55.4. The standard InChI is InChI=1S/C6H10O5/c7-1-2-5-3(8)4(9)6(10-2)11-5/h2-9H,1H2/t2-,3-,4-,5-,6-/m1/s1. The molecule has 0 spiro atoms. The molecule has 0 unspecified atom stereocenters. The lowest BCUT2D eigenvalue weighted by molar-refractivity contribution is -0.141. The lowest BCUT2D eigenvalue weighted by Gasteiger charge is -2.24. The third kappa shape index (κ3) is 0.896. The number of ether oxygens (including phenoxy) is 2. The van der Waals surface area contributed by atoms with E-state index in [-0.39, 0.29) is 6.61 Å². The first-order valence-electron chi connectivity index (χ1n) is 3.52. The molecule has 0 saturated carbocycles. The second-order valence-corrected chi connectivity index (χ2v) is 2.81. The van der Waals surface area contributed by atoms with E-state index >= 15 is 0 Å². The van der Waals surface area contributed by atoms with Gasteiger partial charge in [0, 0.05) is 0 Å². The zero-order chi connectivity index (χ0) is 8.01. The summed E-state index contributed by atoms with van der Waals surface area (Å²) in [7, 11) is 0. The van der Waals surface area contributed by atoms with Crippen LogP contribution >= 0.6 is 0 Å². The van der Waals surface area contributed by atoms with Crippen molar-refractivity contribution in [3.8, 4) is 0 Å². The largest absolute Gasteiger partial charge is 0.394 e. The van der Waals surface area contributed by atoms with Gasteiger partial charge in [-0.2, -0.15) is 0 Å². The van der Waals surface area contributed by atoms with E-state index in [9.17, 15) is 5.11 Å². The van der Waals surface area contributed by atoms with E-state index < -0.39 is 30.7 Å². The first kappa shape index (κ1) is 7.45. The Bertz CT molecular complexity index is 155. The molecule has 3 N–H and O–H groups in total. The van der Waals surface area contributed by atoms with E-state index in [1.807, 2.05) is 0 Å². The van der Waals surface area contributed by atoms with Gasteiger partial charge in [-0.25, -0.2) is 0 Å². The molecule has 2 aliphatic rings. The van der Waals surface area contributed by atoms with Crippen LogP contribution in [0, 0.1) is 0 Å². The van der Waals surface area contributed by atoms with Crippen LogP contribution in [0.3, 0.4) is 0 Å². The minimum Gasteiger partial charge on any atom is -0.394 e. The average Bonchev–Trinajstić information content (AvgIpc) is 2.53. The fraction of sp³-hybridized carbons (Fsp3) is 1.00. The summed E-state index contributed by atoms with van der Waals surface area (Å²) in [6, 6.07) is 0. The van der Waals surface area contributed by atoms with Crippen LogP contribution in [0.25, 0.3) is 0 Å². The minimum absolute atomic E-state index is 0.190. The summed E-state index contributed by atoms with van der Waals surface area (Å²) < 4.78 is 10.0. The van der Waals surface area contributed by atoms with E-state index in [1.165, 1.54) is 0 Å². The Labute approximate surface area is 63.2 Å². The number of rotatable bonds is 1. The van der Waals surface area contributed by atoms with Crippen molar-refractivity contribution in [2.75, 3.05) is 6.61 Å². The van der Waals surface area contributed by atoms with E-state index in [0.29, 0.717) is 0 Å². The highest BCUT2D eigenvalue weighted by Gasteiger charge is 2.54. The maximum Gasteiger partial charge on any atom is 0.187 e. The predicted octanol–water partition coefficient (Wildman–Crippen LogP) is -2.18. The molecule has 2 fully saturated rings. The Morgan fingerprint density at radius 3 is 2.27 bits per heavy atom. The summed E-state index contributed by atoms with van der Waals surface area (Å²) in [6.45, 7) is -0.190. The van der Waals surface area contributed by atoms with E-state index in [2.05, 4.69) is 0 Å². The maximum atomic E-state index is 9.22. The van der Waals surface area contributed by atoms with E-state index in [0.717, 1.165) is 0 Å². The molecule has 0 radical (unpaired) electrons. The van der Waals surface area contributed by atoms with Crippen LogP contribution in [-0.4, -0.2) is 52.6 Å². The average molecular weight is 162 g/mol. The van der Waals surface area contributed by atoms with E-state index in [4.69, 9.17) is 19.7 Å². The summed E-state index contributed by atoms with van der Waals surface area (Å²) in [4.78, 5) is 0. The van der Waals surface area contributed by atoms with Crippen molar-refractivity contribution in [1.82, 2.24) is 0 Å². The van der Waals surface area contributed by atoms with Gasteiger partial charge >= 0.3 is 0 Å². The number of hydrogen-bond acceptors (Lipinski definition) is 5. The Balaban J connectivity index is 2.10. The van der Waals surface area contributed by atoms with Gasteiger partial charge in [0.05, 0.1) is 6.61 Å². The summed E-state index contributed by atoms with van der Waals surface area (Å²) in [5, 5.41) is 27.0. The molecule has 2 rings (SSSR count).